The van der Waals surface area contributed by atoms with Crippen LogP contribution in [0.25, 0.3) is 27.7 Å². The fourth-order valence-corrected chi connectivity index (χ4v) is 3.13. The zero-order valence-electron chi connectivity index (χ0n) is 15.2. The van der Waals surface area contributed by atoms with Crippen molar-refractivity contribution < 1.29 is 14.6 Å². The first-order valence-electron chi connectivity index (χ1n) is 8.81. The van der Waals surface area contributed by atoms with Crippen molar-refractivity contribution in [1.29, 1.82) is 0 Å². The molecule has 4 rings (SSSR count). The summed E-state index contributed by atoms with van der Waals surface area (Å²) in [5.74, 6) is -0.506. The van der Waals surface area contributed by atoms with E-state index in [1.54, 1.807) is 16.9 Å². The number of carbonyl (C=O) groups excluding carboxylic acids is 1. The molecule has 28 heavy (non-hydrogen) atoms. The second-order valence-corrected chi connectivity index (χ2v) is 6.21. The average Bonchev–Trinajstić information content (AvgIpc) is 3.21. The summed E-state index contributed by atoms with van der Waals surface area (Å²) in [5, 5.41) is 18.2. The lowest BCUT2D eigenvalue weighted by Gasteiger charge is -2.12. The summed E-state index contributed by atoms with van der Waals surface area (Å²) < 4.78 is 6.50. The largest absolute Gasteiger partial charge is 0.464 e. The molecule has 0 amide bonds. The molecule has 2 heterocycles. The van der Waals surface area contributed by atoms with E-state index in [9.17, 15) is 4.79 Å². The first-order valence-corrected chi connectivity index (χ1v) is 8.81. The summed E-state index contributed by atoms with van der Waals surface area (Å²) in [5.41, 5.74) is 4.05. The molecule has 0 spiro atoms. The number of rotatable bonds is 5. The van der Waals surface area contributed by atoms with Crippen molar-refractivity contribution in [3.8, 4) is 16.8 Å². The van der Waals surface area contributed by atoms with Crippen molar-refractivity contribution in [3.63, 3.8) is 0 Å². The molecule has 140 valence electrons. The van der Waals surface area contributed by atoms with Gasteiger partial charge in [-0.3, -0.25) is 0 Å². The Labute approximate surface area is 161 Å². The minimum Gasteiger partial charge on any atom is -0.464 e. The standard InChI is InChI=1S/C21H18N4O3/c1-28-21(27)18-12-17(14-6-3-2-4-7-14)16-8-5-9-19(20(16)22-18)25-13-15(10-11-26)23-24-25/h2-9,12-13,26H,10-11H2,1H3. The second kappa shape index (κ2) is 7.58. The number of pyridine rings is 1. The Morgan fingerprint density at radius 2 is 1.96 bits per heavy atom. The van der Waals surface area contributed by atoms with E-state index in [0.717, 1.165) is 16.5 Å². The third-order valence-electron chi connectivity index (χ3n) is 4.45. The van der Waals surface area contributed by atoms with Gasteiger partial charge >= 0.3 is 5.97 Å². The molecule has 0 saturated carbocycles. The summed E-state index contributed by atoms with van der Waals surface area (Å²) >= 11 is 0. The van der Waals surface area contributed by atoms with Crippen LogP contribution in [-0.2, 0) is 11.2 Å². The van der Waals surface area contributed by atoms with Crippen molar-refractivity contribution in [1.82, 2.24) is 20.0 Å². The Morgan fingerprint density at radius 3 is 2.71 bits per heavy atom. The van der Waals surface area contributed by atoms with Crippen LogP contribution < -0.4 is 0 Å². The Bertz CT molecular complexity index is 1140. The molecule has 0 aliphatic rings. The number of fused-ring (bicyclic) bond motifs is 1. The van der Waals surface area contributed by atoms with E-state index < -0.39 is 5.97 Å². The Balaban J connectivity index is 1.98. The van der Waals surface area contributed by atoms with Crippen molar-refractivity contribution in [3.05, 3.63) is 72.2 Å². The minimum absolute atomic E-state index is 0.00285. The number of hydrogen-bond donors (Lipinski definition) is 1. The first kappa shape index (κ1) is 17.8. The van der Waals surface area contributed by atoms with Gasteiger partial charge in [-0.15, -0.1) is 5.10 Å². The molecule has 4 aromatic rings. The predicted molar refractivity (Wildman–Crippen MR) is 104 cm³/mol. The SMILES string of the molecule is COC(=O)c1cc(-c2ccccc2)c2cccc(-n3cc(CCO)nn3)c2n1. The molecule has 7 nitrogen and oxygen atoms in total. The van der Waals surface area contributed by atoms with E-state index in [2.05, 4.69) is 15.3 Å². The zero-order valence-corrected chi connectivity index (χ0v) is 15.2. The quantitative estimate of drug-likeness (QED) is 0.540. The average molecular weight is 374 g/mol. The monoisotopic (exact) mass is 374 g/mol. The lowest BCUT2D eigenvalue weighted by atomic mass is 9.99. The van der Waals surface area contributed by atoms with Gasteiger partial charge in [-0.25, -0.2) is 14.5 Å². The first-order chi connectivity index (χ1) is 13.7. The number of para-hydroxylation sites is 1. The smallest absolute Gasteiger partial charge is 0.356 e. The fourth-order valence-electron chi connectivity index (χ4n) is 3.13. The van der Waals surface area contributed by atoms with Crippen LogP contribution in [0.1, 0.15) is 16.2 Å². The number of hydrogen-bond acceptors (Lipinski definition) is 6. The van der Waals surface area contributed by atoms with Crippen LogP contribution in [0.15, 0.2) is 60.8 Å². The molecule has 0 saturated heterocycles. The van der Waals surface area contributed by atoms with Gasteiger partial charge in [0.25, 0.3) is 0 Å². The third kappa shape index (κ3) is 3.23. The minimum atomic E-state index is -0.506. The number of nitrogens with zero attached hydrogens (tertiary/aromatic N) is 4. The number of methoxy groups -OCH3 is 1. The summed E-state index contributed by atoms with van der Waals surface area (Å²) in [7, 11) is 1.33. The molecule has 0 unspecified atom stereocenters. The predicted octanol–water partition coefficient (Wildman–Crippen LogP) is 2.80. The lowest BCUT2D eigenvalue weighted by Crippen LogP contribution is -2.07. The molecule has 0 radical (unpaired) electrons. The number of ether oxygens (including phenoxy) is 1. The molecule has 2 aromatic carbocycles. The molecule has 0 fully saturated rings. The summed E-state index contributed by atoms with van der Waals surface area (Å²) in [4.78, 5) is 16.8. The number of aromatic nitrogens is 4. The lowest BCUT2D eigenvalue weighted by molar-refractivity contribution is 0.0594. The second-order valence-electron chi connectivity index (χ2n) is 6.21. The van der Waals surface area contributed by atoms with Crippen LogP contribution in [0.3, 0.4) is 0 Å². The van der Waals surface area contributed by atoms with E-state index in [0.29, 0.717) is 23.3 Å². The van der Waals surface area contributed by atoms with E-state index >= 15 is 0 Å². The summed E-state index contributed by atoms with van der Waals surface area (Å²) in [6.45, 7) is -0.00285. The van der Waals surface area contributed by atoms with Gasteiger partial charge in [0.2, 0.25) is 0 Å². The Morgan fingerprint density at radius 1 is 1.14 bits per heavy atom. The van der Waals surface area contributed by atoms with E-state index in [-0.39, 0.29) is 12.3 Å². The maximum atomic E-state index is 12.2. The van der Waals surface area contributed by atoms with Crippen molar-refractivity contribution in [2.45, 2.75) is 6.42 Å². The van der Waals surface area contributed by atoms with Crippen LogP contribution in [-0.4, -0.2) is 44.8 Å². The molecule has 1 N–H and O–H groups in total. The maximum Gasteiger partial charge on any atom is 0.356 e. The molecular weight excluding hydrogens is 356 g/mol. The maximum absolute atomic E-state index is 12.2. The summed E-state index contributed by atoms with van der Waals surface area (Å²) in [6.07, 6.45) is 2.17. The number of carbonyl (C=O) groups is 1. The number of aliphatic hydroxyl groups is 1. The van der Waals surface area contributed by atoms with Crippen molar-refractivity contribution in [2.24, 2.45) is 0 Å². The normalized spacial score (nSPS) is 10.9. The van der Waals surface area contributed by atoms with Crippen LogP contribution in [0.5, 0.6) is 0 Å². The fraction of sp³-hybridized carbons (Fsp3) is 0.143. The highest BCUT2D eigenvalue weighted by Gasteiger charge is 2.17. The number of benzene rings is 2. The van der Waals surface area contributed by atoms with Gasteiger partial charge in [-0.1, -0.05) is 47.7 Å². The number of esters is 1. The van der Waals surface area contributed by atoms with Gasteiger partial charge in [0.1, 0.15) is 5.69 Å². The highest BCUT2D eigenvalue weighted by Crippen LogP contribution is 2.31. The van der Waals surface area contributed by atoms with Crippen LogP contribution in [0, 0.1) is 0 Å². The van der Waals surface area contributed by atoms with Gasteiger partial charge in [0.15, 0.2) is 0 Å². The van der Waals surface area contributed by atoms with Gasteiger partial charge in [-0.2, -0.15) is 0 Å². The van der Waals surface area contributed by atoms with E-state index in [1.807, 2.05) is 48.5 Å². The van der Waals surface area contributed by atoms with E-state index in [4.69, 9.17) is 9.84 Å². The summed E-state index contributed by atoms with van der Waals surface area (Å²) in [6, 6.07) is 17.3. The third-order valence-corrected chi connectivity index (χ3v) is 4.45. The Kier molecular flexibility index (Phi) is 4.82. The molecule has 0 aliphatic carbocycles. The molecule has 7 heteroatoms. The molecule has 2 aromatic heterocycles. The van der Waals surface area contributed by atoms with Gasteiger partial charge < -0.3 is 9.84 Å². The van der Waals surface area contributed by atoms with Gasteiger partial charge in [0.05, 0.1) is 30.2 Å². The van der Waals surface area contributed by atoms with Crippen LogP contribution >= 0.6 is 0 Å². The highest BCUT2D eigenvalue weighted by molar-refractivity contribution is 6.02. The van der Waals surface area contributed by atoms with E-state index in [1.165, 1.54) is 7.11 Å². The number of aliphatic hydroxyl groups excluding tert-OH is 1. The van der Waals surface area contributed by atoms with Crippen LogP contribution in [0.4, 0.5) is 0 Å². The van der Waals surface area contributed by atoms with Crippen LogP contribution in [0.2, 0.25) is 0 Å². The highest BCUT2D eigenvalue weighted by atomic mass is 16.5. The molecule has 0 aliphatic heterocycles. The Hall–Kier alpha value is -3.58. The van der Waals surface area contributed by atoms with Gasteiger partial charge in [-0.05, 0) is 23.3 Å². The van der Waals surface area contributed by atoms with Gasteiger partial charge in [0, 0.05) is 18.4 Å². The topological polar surface area (TPSA) is 90.1 Å². The molecular formula is C21H18N4O3. The molecule has 0 atom stereocenters. The van der Waals surface area contributed by atoms with Crippen molar-refractivity contribution >= 4 is 16.9 Å². The van der Waals surface area contributed by atoms with Crippen molar-refractivity contribution in [2.75, 3.05) is 13.7 Å². The molecule has 0 bridgehead atoms. The zero-order chi connectivity index (χ0) is 19.5.